The fourth-order valence-electron chi connectivity index (χ4n) is 2.50. The number of urea groups is 1. The quantitative estimate of drug-likeness (QED) is 0.667. The van der Waals surface area contributed by atoms with E-state index >= 15 is 0 Å². The Hall–Kier alpha value is -2.28. The summed E-state index contributed by atoms with van der Waals surface area (Å²) in [5, 5.41) is 5.29. The lowest BCUT2D eigenvalue weighted by Gasteiger charge is -2.14. The Kier molecular flexibility index (Phi) is 4.64. The molecule has 7 nitrogen and oxygen atoms in total. The van der Waals surface area contributed by atoms with Crippen LogP contribution in [-0.4, -0.2) is 25.1 Å². The summed E-state index contributed by atoms with van der Waals surface area (Å²) in [6, 6.07) is 4.38. The van der Waals surface area contributed by atoms with Gasteiger partial charge in [0, 0.05) is 23.7 Å². The minimum atomic E-state index is -0.676. The molecule has 114 valence electrons. The zero-order chi connectivity index (χ0) is 15.4. The second kappa shape index (κ2) is 6.45. The van der Waals surface area contributed by atoms with Crippen LogP contribution in [0.1, 0.15) is 19.3 Å². The van der Waals surface area contributed by atoms with Gasteiger partial charge in [0.25, 0.3) is 0 Å². The molecule has 1 aromatic carbocycles. The van der Waals surface area contributed by atoms with Crippen molar-refractivity contribution in [1.82, 2.24) is 0 Å². The van der Waals surface area contributed by atoms with Crippen molar-refractivity contribution in [2.24, 2.45) is 17.4 Å². The number of hydrogen-bond donors (Lipinski definition) is 4. The van der Waals surface area contributed by atoms with Crippen molar-refractivity contribution in [2.45, 2.75) is 25.3 Å². The number of primary amides is 1. The Bertz CT molecular complexity index is 547. The molecule has 0 radical (unpaired) electrons. The number of methoxy groups -OCH3 is 1. The Labute approximate surface area is 123 Å². The van der Waals surface area contributed by atoms with Crippen LogP contribution in [-0.2, 0) is 4.79 Å². The number of hydrogen-bond acceptors (Lipinski definition) is 4. The SMILES string of the molecule is COc1cc(NC(=O)C2CCC(N)C2)ccc1NC(N)=O. The monoisotopic (exact) mass is 292 g/mol. The van der Waals surface area contributed by atoms with E-state index < -0.39 is 6.03 Å². The highest BCUT2D eigenvalue weighted by Gasteiger charge is 2.27. The third kappa shape index (κ3) is 3.85. The van der Waals surface area contributed by atoms with Gasteiger partial charge in [-0.1, -0.05) is 0 Å². The average molecular weight is 292 g/mol. The molecule has 1 saturated carbocycles. The molecule has 0 spiro atoms. The first-order chi connectivity index (χ1) is 9.99. The van der Waals surface area contributed by atoms with Crippen LogP contribution in [0.3, 0.4) is 0 Å². The first-order valence-corrected chi connectivity index (χ1v) is 6.80. The Morgan fingerprint density at radius 2 is 2.05 bits per heavy atom. The molecule has 1 aromatic rings. The van der Waals surface area contributed by atoms with E-state index in [1.807, 2.05) is 0 Å². The lowest BCUT2D eigenvalue weighted by atomic mass is 10.1. The normalized spacial score (nSPS) is 20.9. The van der Waals surface area contributed by atoms with E-state index in [1.54, 1.807) is 18.2 Å². The van der Waals surface area contributed by atoms with Gasteiger partial charge in [0.15, 0.2) is 0 Å². The summed E-state index contributed by atoms with van der Waals surface area (Å²) >= 11 is 0. The van der Waals surface area contributed by atoms with Crippen molar-refractivity contribution in [3.05, 3.63) is 18.2 Å². The number of anilines is 2. The van der Waals surface area contributed by atoms with Crippen molar-refractivity contribution in [3.8, 4) is 5.75 Å². The van der Waals surface area contributed by atoms with Crippen molar-refractivity contribution in [2.75, 3.05) is 17.7 Å². The maximum Gasteiger partial charge on any atom is 0.316 e. The van der Waals surface area contributed by atoms with Gasteiger partial charge in [-0.15, -0.1) is 0 Å². The van der Waals surface area contributed by atoms with Crippen LogP contribution in [0.5, 0.6) is 5.75 Å². The molecule has 2 atom stereocenters. The van der Waals surface area contributed by atoms with Gasteiger partial charge < -0.3 is 26.8 Å². The van der Waals surface area contributed by atoms with Gasteiger partial charge in [0.2, 0.25) is 5.91 Å². The Morgan fingerprint density at radius 3 is 2.62 bits per heavy atom. The standard InChI is InChI=1S/C14H20N4O3/c1-21-12-7-10(4-5-11(12)18-14(16)20)17-13(19)8-2-3-9(15)6-8/h4-5,7-9H,2-3,6,15H2,1H3,(H,17,19)(H3,16,18,20). The van der Waals surface area contributed by atoms with Crippen LogP contribution in [0, 0.1) is 5.92 Å². The number of rotatable bonds is 4. The van der Waals surface area contributed by atoms with Crippen molar-refractivity contribution in [3.63, 3.8) is 0 Å². The third-order valence-electron chi connectivity index (χ3n) is 3.57. The van der Waals surface area contributed by atoms with Gasteiger partial charge in [-0.05, 0) is 31.4 Å². The van der Waals surface area contributed by atoms with Crippen molar-refractivity contribution >= 4 is 23.3 Å². The van der Waals surface area contributed by atoms with E-state index in [1.165, 1.54) is 7.11 Å². The minimum Gasteiger partial charge on any atom is -0.494 e. The summed E-state index contributed by atoms with van der Waals surface area (Å²) in [5.74, 6) is 0.338. The zero-order valence-electron chi connectivity index (χ0n) is 11.9. The predicted octanol–water partition coefficient (Wildman–Crippen LogP) is 1.25. The average Bonchev–Trinajstić information content (AvgIpc) is 2.86. The van der Waals surface area contributed by atoms with Crippen LogP contribution >= 0.6 is 0 Å². The Balaban J connectivity index is 2.06. The number of amides is 3. The molecule has 3 amide bonds. The van der Waals surface area contributed by atoms with Gasteiger partial charge >= 0.3 is 6.03 Å². The van der Waals surface area contributed by atoms with Crippen LogP contribution < -0.4 is 26.8 Å². The molecule has 1 fully saturated rings. The van der Waals surface area contributed by atoms with E-state index in [0.717, 1.165) is 12.8 Å². The Morgan fingerprint density at radius 1 is 1.29 bits per heavy atom. The molecule has 0 bridgehead atoms. The smallest absolute Gasteiger partial charge is 0.316 e. The second-order valence-corrected chi connectivity index (χ2v) is 5.16. The van der Waals surface area contributed by atoms with Crippen LogP contribution in [0.2, 0.25) is 0 Å². The summed E-state index contributed by atoms with van der Waals surface area (Å²) in [4.78, 5) is 23.0. The van der Waals surface area contributed by atoms with Crippen LogP contribution in [0.15, 0.2) is 18.2 Å². The molecule has 1 aliphatic rings. The number of nitrogens with two attached hydrogens (primary N) is 2. The molecule has 7 heteroatoms. The highest BCUT2D eigenvalue weighted by atomic mass is 16.5. The topological polar surface area (TPSA) is 119 Å². The number of carbonyl (C=O) groups is 2. The molecule has 0 saturated heterocycles. The lowest BCUT2D eigenvalue weighted by Crippen LogP contribution is -2.23. The molecule has 2 unspecified atom stereocenters. The molecular weight excluding hydrogens is 272 g/mol. The molecule has 0 aromatic heterocycles. The summed E-state index contributed by atoms with van der Waals surface area (Å²) in [6.45, 7) is 0. The number of carbonyl (C=O) groups excluding carboxylic acids is 2. The van der Waals surface area contributed by atoms with Crippen molar-refractivity contribution < 1.29 is 14.3 Å². The van der Waals surface area contributed by atoms with Crippen LogP contribution in [0.4, 0.5) is 16.2 Å². The van der Waals surface area contributed by atoms with E-state index in [4.69, 9.17) is 16.2 Å². The molecule has 6 N–H and O–H groups in total. The summed E-state index contributed by atoms with van der Waals surface area (Å²) in [5.41, 5.74) is 11.9. The highest BCUT2D eigenvalue weighted by molar-refractivity contribution is 5.94. The van der Waals surface area contributed by atoms with Gasteiger partial charge in [-0.25, -0.2) is 4.79 Å². The summed E-state index contributed by atoms with van der Waals surface area (Å²) in [6.07, 6.45) is 2.40. The number of nitrogens with one attached hydrogen (secondary N) is 2. The fourth-order valence-corrected chi connectivity index (χ4v) is 2.50. The van der Waals surface area contributed by atoms with E-state index in [2.05, 4.69) is 10.6 Å². The third-order valence-corrected chi connectivity index (χ3v) is 3.57. The minimum absolute atomic E-state index is 0.0411. The molecule has 0 heterocycles. The van der Waals surface area contributed by atoms with E-state index in [-0.39, 0.29) is 17.9 Å². The first kappa shape index (κ1) is 15.1. The fraction of sp³-hybridized carbons (Fsp3) is 0.429. The second-order valence-electron chi connectivity index (χ2n) is 5.16. The molecular formula is C14H20N4O3. The van der Waals surface area contributed by atoms with Crippen LogP contribution in [0.25, 0.3) is 0 Å². The maximum absolute atomic E-state index is 12.1. The van der Waals surface area contributed by atoms with Crippen molar-refractivity contribution in [1.29, 1.82) is 0 Å². The molecule has 2 rings (SSSR count). The number of benzene rings is 1. The molecule has 1 aliphatic carbocycles. The largest absolute Gasteiger partial charge is 0.494 e. The van der Waals surface area contributed by atoms with Gasteiger partial charge in [0.05, 0.1) is 12.8 Å². The lowest BCUT2D eigenvalue weighted by molar-refractivity contribution is -0.119. The molecule has 21 heavy (non-hydrogen) atoms. The summed E-state index contributed by atoms with van der Waals surface area (Å²) in [7, 11) is 1.48. The zero-order valence-corrected chi connectivity index (χ0v) is 11.9. The van der Waals surface area contributed by atoms with E-state index in [0.29, 0.717) is 23.5 Å². The predicted molar refractivity (Wildman–Crippen MR) is 80.1 cm³/mol. The van der Waals surface area contributed by atoms with Gasteiger partial charge in [-0.3, -0.25) is 4.79 Å². The van der Waals surface area contributed by atoms with Gasteiger partial charge in [0.1, 0.15) is 5.75 Å². The van der Waals surface area contributed by atoms with Gasteiger partial charge in [-0.2, -0.15) is 0 Å². The summed E-state index contributed by atoms with van der Waals surface area (Å²) < 4.78 is 5.17. The maximum atomic E-state index is 12.1. The number of ether oxygens (including phenoxy) is 1. The molecule has 0 aliphatic heterocycles. The first-order valence-electron chi connectivity index (χ1n) is 6.80. The highest BCUT2D eigenvalue weighted by Crippen LogP contribution is 2.29. The van der Waals surface area contributed by atoms with E-state index in [9.17, 15) is 9.59 Å².